The largest absolute Gasteiger partial charge is 0.490 e. The third-order valence-electron chi connectivity index (χ3n) is 6.33. The number of anilines is 1. The van der Waals surface area contributed by atoms with Crippen molar-refractivity contribution in [1.82, 2.24) is 0 Å². The summed E-state index contributed by atoms with van der Waals surface area (Å²) in [5.74, 6) is 0.486. The minimum Gasteiger partial charge on any atom is -0.490 e. The number of hydrogen-bond acceptors (Lipinski definition) is 6. The number of ether oxygens (including phenoxy) is 2. The van der Waals surface area contributed by atoms with Gasteiger partial charge in [-0.15, -0.1) is 17.9 Å². The van der Waals surface area contributed by atoms with Crippen molar-refractivity contribution in [3.63, 3.8) is 0 Å². The zero-order chi connectivity index (χ0) is 27.8. The maximum atomic E-state index is 13.1. The molecule has 4 rings (SSSR count). The van der Waals surface area contributed by atoms with Gasteiger partial charge in [-0.1, -0.05) is 35.9 Å². The van der Waals surface area contributed by atoms with Crippen molar-refractivity contribution in [2.24, 2.45) is 0 Å². The van der Waals surface area contributed by atoms with Crippen LogP contribution in [0.5, 0.6) is 11.5 Å². The van der Waals surface area contributed by atoms with Crippen LogP contribution in [0, 0.1) is 22.7 Å². The van der Waals surface area contributed by atoms with Gasteiger partial charge < -0.3 is 14.8 Å². The highest BCUT2D eigenvalue weighted by Crippen LogP contribution is 2.38. The molecule has 0 radical (unpaired) electrons. The number of nitriles is 2. The molecule has 1 N–H and O–H groups in total. The molecule has 8 heteroatoms. The van der Waals surface area contributed by atoms with Gasteiger partial charge in [-0.3, -0.25) is 4.79 Å². The number of aryl methyl sites for hydroxylation is 1. The fraction of sp³-hybridized carbons (Fsp3) is 0.258. The molecule has 0 saturated heterocycles. The predicted molar refractivity (Wildman–Crippen MR) is 155 cm³/mol. The van der Waals surface area contributed by atoms with E-state index in [-0.39, 0.29) is 12.2 Å². The predicted octanol–water partition coefficient (Wildman–Crippen LogP) is 7.40. The van der Waals surface area contributed by atoms with Crippen LogP contribution in [0.25, 0.3) is 6.08 Å². The van der Waals surface area contributed by atoms with Gasteiger partial charge in [0.15, 0.2) is 11.5 Å². The third kappa shape index (κ3) is 6.52. The standard InChI is InChI=1S/C31H28ClN3O3S/c1-3-9-21-14-20(16-27(37-4-2)29(21)38-19-22-10-5-7-12-26(22)32)15-23(17-33)30(36)35-31-25(18-34)24-11-6-8-13-28(24)39-31/h3,5,7,10,12,14-16H,1,4,6,8-9,11,13,19H2,2H3,(H,35,36)/b23-15-. The van der Waals surface area contributed by atoms with Crippen LogP contribution in [-0.2, 0) is 30.7 Å². The van der Waals surface area contributed by atoms with Gasteiger partial charge in [0.1, 0.15) is 29.3 Å². The molecule has 3 aromatic rings. The number of rotatable bonds is 10. The Morgan fingerprint density at radius 3 is 2.69 bits per heavy atom. The van der Waals surface area contributed by atoms with E-state index in [1.54, 1.807) is 12.1 Å². The Hall–Kier alpha value is -4.04. The molecule has 1 aliphatic rings. The van der Waals surface area contributed by atoms with Crippen LogP contribution in [0.15, 0.2) is 54.6 Å². The zero-order valence-electron chi connectivity index (χ0n) is 21.7. The van der Waals surface area contributed by atoms with E-state index in [4.69, 9.17) is 21.1 Å². The molecule has 2 aromatic carbocycles. The molecule has 0 bridgehead atoms. The summed E-state index contributed by atoms with van der Waals surface area (Å²) in [6.07, 6.45) is 7.60. The summed E-state index contributed by atoms with van der Waals surface area (Å²) >= 11 is 7.73. The first-order chi connectivity index (χ1) is 19.0. The van der Waals surface area contributed by atoms with Crippen molar-refractivity contribution in [1.29, 1.82) is 10.5 Å². The minimum absolute atomic E-state index is 0.0815. The molecule has 0 spiro atoms. The lowest BCUT2D eigenvalue weighted by Crippen LogP contribution is -2.13. The van der Waals surface area contributed by atoms with Crippen molar-refractivity contribution in [3.05, 3.63) is 92.3 Å². The number of nitrogens with zero attached hydrogens (tertiary/aromatic N) is 2. The number of benzene rings is 2. The summed E-state index contributed by atoms with van der Waals surface area (Å²) in [6.45, 7) is 6.37. The highest BCUT2D eigenvalue weighted by atomic mass is 35.5. The van der Waals surface area contributed by atoms with Gasteiger partial charge in [0.25, 0.3) is 5.91 Å². The van der Waals surface area contributed by atoms with E-state index in [1.807, 2.05) is 43.3 Å². The van der Waals surface area contributed by atoms with E-state index in [0.717, 1.165) is 47.3 Å². The van der Waals surface area contributed by atoms with E-state index in [9.17, 15) is 15.3 Å². The summed E-state index contributed by atoms with van der Waals surface area (Å²) in [5.41, 5.74) is 3.69. The Kier molecular flexibility index (Phi) is 9.44. The monoisotopic (exact) mass is 557 g/mol. The smallest absolute Gasteiger partial charge is 0.266 e. The van der Waals surface area contributed by atoms with Crippen molar-refractivity contribution >= 4 is 39.9 Å². The second-order valence-electron chi connectivity index (χ2n) is 8.96. The van der Waals surface area contributed by atoms with E-state index in [0.29, 0.717) is 45.7 Å². The summed E-state index contributed by atoms with van der Waals surface area (Å²) in [5, 5.41) is 23.5. The molecular weight excluding hydrogens is 530 g/mol. The van der Waals surface area contributed by atoms with Gasteiger partial charge in [-0.2, -0.15) is 10.5 Å². The molecular formula is C31H28ClN3O3S. The number of carbonyl (C=O) groups is 1. The lowest BCUT2D eigenvalue weighted by Gasteiger charge is -2.17. The first-order valence-corrected chi connectivity index (χ1v) is 13.9. The number of thiophene rings is 1. The average molecular weight is 558 g/mol. The quantitative estimate of drug-likeness (QED) is 0.159. The van der Waals surface area contributed by atoms with Crippen LogP contribution in [0.4, 0.5) is 5.00 Å². The van der Waals surface area contributed by atoms with E-state index < -0.39 is 5.91 Å². The van der Waals surface area contributed by atoms with Crippen molar-refractivity contribution < 1.29 is 14.3 Å². The van der Waals surface area contributed by atoms with Gasteiger partial charge in [0, 0.05) is 21.0 Å². The maximum absolute atomic E-state index is 13.1. The molecule has 0 fully saturated rings. The van der Waals surface area contributed by atoms with E-state index >= 15 is 0 Å². The Labute approximate surface area is 237 Å². The molecule has 39 heavy (non-hydrogen) atoms. The number of nitrogens with one attached hydrogen (secondary N) is 1. The first-order valence-electron chi connectivity index (χ1n) is 12.7. The van der Waals surface area contributed by atoms with Crippen molar-refractivity contribution in [3.8, 4) is 23.6 Å². The average Bonchev–Trinajstić information content (AvgIpc) is 3.29. The number of carbonyl (C=O) groups excluding carboxylic acids is 1. The number of fused-ring (bicyclic) bond motifs is 1. The Morgan fingerprint density at radius 1 is 1.18 bits per heavy atom. The molecule has 1 heterocycles. The molecule has 0 unspecified atom stereocenters. The first kappa shape index (κ1) is 28.0. The minimum atomic E-state index is -0.560. The molecule has 1 amide bonds. The van der Waals surface area contributed by atoms with Crippen LogP contribution in [0.3, 0.4) is 0 Å². The lowest BCUT2D eigenvalue weighted by molar-refractivity contribution is -0.112. The fourth-order valence-corrected chi connectivity index (χ4v) is 5.95. The number of amides is 1. The van der Waals surface area contributed by atoms with Gasteiger partial charge in [0.2, 0.25) is 0 Å². The molecule has 0 aliphatic heterocycles. The molecule has 198 valence electrons. The third-order valence-corrected chi connectivity index (χ3v) is 7.91. The van der Waals surface area contributed by atoms with Crippen molar-refractivity contribution in [2.45, 2.75) is 45.6 Å². The SMILES string of the molecule is C=CCc1cc(/C=C(/C#N)C(=O)Nc2sc3c(c2C#N)CCCC3)cc(OCC)c1OCc1ccccc1Cl. The topological polar surface area (TPSA) is 95.1 Å². The van der Waals surface area contributed by atoms with E-state index in [2.05, 4.69) is 18.0 Å². The highest BCUT2D eigenvalue weighted by molar-refractivity contribution is 7.16. The molecule has 0 atom stereocenters. The van der Waals surface area contributed by atoms with Crippen LogP contribution >= 0.6 is 22.9 Å². The van der Waals surface area contributed by atoms with Crippen LogP contribution in [0.2, 0.25) is 5.02 Å². The van der Waals surface area contributed by atoms with E-state index in [1.165, 1.54) is 17.4 Å². The highest BCUT2D eigenvalue weighted by Gasteiger charge is 2.23. The zero-order valence-corrected chi connectivity index (χ0v) is 23.3. The second kappa shape index (κ2) is 13.2. The molecule has 0 saturated carbocycles. The summed E-state index contributed by atoms with van der Waals surface area (Å²) in [7, 11) is 0. The normalized spacial score (nSPS) is 12.6. The summed E-state index contributed by atoms with van der Waals surface area (Å²) in [4.78, 5) is 14.3. The fourth-order valence-electron chi connectivity index (χ4n) is 4.52. The summed E-state index contributed by atoms with van der Waals surface area (Å²) < 4.78 is 12.1. The van der Waals surface area contributed by atoms with Gasteiger partial charge in [-0.05, 0) is 74.4 Å². The maximum Gasteiger partial charge on any atom is 0.266 e. The second-order valence-corrected chi connectivity index (χ2v) is 10.5. The van der Waals surface area contributed by atoms with Gasteiger partial charge in [-0.25, -0.2) is 0 Å². The Bertz CT molecular complexity index is 1510. The Morgan fingerprint density at radius 2 is 1.97 bits per heavy atom. The van der Waals surface area contributed by atoms with Crippen LogP contribution in [-0.4, -0.2) is 12.5 Å². The van der Waals surface area contributed by atoms with Gasteiger partial charge >= 0.3 is 0 Å². The number of halogens is 1. The molecule has 1 aromatic heterocycles. The van der Waals surface area contributed by atoms with Crippen molar-refractivity contribution in [2.75, 3.05) is 11.9 Å². The molecule has 6 nitrogen and oxygen atoms in total. The lowest BCUT2D eigenvalue weighted by atomic mass is 9.96. The number of hydrogen-bond donors (Lipinski definition) is 1. The molecule has 1 aliphatic carbocycles. The number of allylic oxidation sites excluding steroid dienone is 1. The van der Waals surface area contributed by atoms with Gasteiger partial charge in [0.05, 0.1) is 12.2 Å². The van der Waals surface area contributed by atoms with Crippen LogP contribution < -0.4 is 14.8 Å². The van der Waals surface area contributed by atoms with Crippen LogP contribution in [0.1, 0.15) is 52.5 Å². The summed E-state index contributed by atoms with van der Waals surface area (Å²) in [6, 6.07) is 15.3. The Balaban J connectivity index is 1.64.